The second kappa shape index (κ2) is 5.81. The van der Waals surface area contributed by atoms with Crippen molar-refractivity contribution >= 4 is 13.8 Å². The first-order valence-electron chi connectivity index (χ1n) is 5.14. The molecule has 10 nitrogen and oxygen atoms in total. The molecule has 0 bridgehead atoms. The summed E-state index contributed by atoms with van der Waals surface area (Å²) < 4.78 is 24.3. The van der Waals surface area contributed by atoms with Crippen molar-refractivity contribution in [2.24, 2.45) is 0 Å². The summed E-state index contributed by atoms with van der Waals surface area (Å²) in [6.45, 7) is -0.805. The zero-order valence-electron chi connectivity index (χ0n) is 9.87. The van der Waals surface area contributed by atoms with Gasteiger partial charge in [-0.15, -0.1) is 0 Å². The van der Waals surface area contributed by atoms with Crippen LogP contribution in [-0.4, -0.2) is 68.9 Å². The number of rotatable bonds is 5. The first-order chi connectivity index (χ1) is 8.61. The number of phosphoric acid groups is 1. The minimum absolute atomic E-state index is 0.535. The third-order valence-corrected chi connectivity index (χ3v) is 3.14. The molecule has 0 radical (unpaired) electrons. The van der Waals surface area contributed by atoms with E-state index in [9.17, 15) is 19.6 Å². The minimum atomic E-state index is -4.81. The molecule has 5 N–H and O–H groups in total. The molecule has 0 aromatic rings. The zero-order chi connectivity index (χ0) is 14.8. The van der Waals surface area contributed by atoms with Crippen LogP contribution in [0.25, 0.3) is 0 Å². The summed E-state index contributed by atoms with van der Waals surface area (Å²) >= 11 is 0. The van der Waals surface area contributed by atoms with Gasteiger partial charge < -0.3 is 34.6 Å². The molecule has 0 aliphatic carbocycles. The van der Waals surface area contributed by atoms with Crippen molar-refractivity contribution in [2.45, 2.75) is 30.5 Å². The molecule has 0 spiro atoms. The Hall–Kier alpha value is -0.580. The highest BCUT2D eigenvalue weighted by atomic mass is 31.2. The van der Waals surface area contributed by atoms with Crippen molar-refractivity contribution in [3.63, 3.8) is 0 Å². The van der Waals surface area contributed by atoms with E-state index >= 15 is 0 Å². The smallest absolute Gasteiger partial charge is 0.469 e. The van der Waals surface area contributed by atoms with E-state index in [1.807, 2.05) is 0 Å². The highest BCUT2D eigenvalue weighted by Crippen LogP contribution is 2.38. The Kier molecular flexibility index (Phi) is 5.04. The van der Waals surface area contributed by atoms with Crippen LogP contribution in [0.5, 0.6) is 0 Å². The van der Waals surface area contributed by atoms with Gasteiger partial charge in [0.05, 0.1) is 12.7 Å². The molecule has 0 amide bonds. The summed E-state index contributed by atoms with van der Waals surface area (Å²) in [5, 5.41) is 28.2. The fourth-order valence-electron chi connectivity index (χ4n) is 1.67. The van der Waals surface area contributed by atoms with Crippen LogP contribution in [0.15, 0.2) is 0 Å². The molecule has 1 saturated heterocycles. The molecule has 0 aromatic carbocycles. The van der Waals surface area contributed by atoms with Crippen LogP contribution in [0.3, 0.4) is 0 Å². The van der Waals surface area contributed by atoms with Crippen LogP contribution in [0.1, 0.15) is 6.42 Å². The maximum Gasteiger partial charge on any atom is 0.469 e. The van der Waals surface area contributed by atoms with E-state index in [-0.39, 0.29) is 0 Å². The van der Waals surface area contributed by atoms with Crippen LogP contribution < -0.4 is 0 Å². The number of aliphatic carboxylic acids is 1. The standard InChI is InChI=1S/C8H15O10P/c1-16-8(7(11)12)2-4(9)6(10)5(18-8)3-17-19(13,14)15/h4-6,9-10H,2-3H2,1H3,(H,11,12)(H2,13,14,15). The van der Waals surface area contributed by atoms with E-state index in [2.05, 4.69) is 9.26 Å². The molecule has 0 saturated carbocycles. The van der Waals surface area contributed by atoms with Crippen LogP contribution in [0.2, 0.25) is 0 Å². The Morgan fingerprint density at radius 3 is 2.47 bits per heavy atom. The molecule has 11 heteroatoms. The normalized spacial score (nSPS) is 36.2. The molecule has 112 valence electrons. The number of carbonyl (C=O) groups is 1. The van der Waals surface area contributed by atoms with Crippen molar-refractivity contribution < 1.29 is 48.5 Å². The van der Waals surface area contributed by atoms with Gasteiger partial charge in [-0.05, 0) is 0 Å². The number of aliphatic hydroxyl groups is 2. The van der Waals surface area contributed by atoms with E-state index in [0.717, 1.165) is 7.11 Å². The van der Waals surface area contributed by atoms with E-state index < -0.39 is 50.9 Å². The monoisotopic (exact) mass is 302 g/mol. The molecule has 1 fully saturated rings. The molecule has 0 aromatic heterocycles. The van der Waals surface area contributed by atoms with Crippen molar-refractivity contribution in [1.82, 2.24) is 0 Å². The topological polar surface area (TPSA) is 163 Å². The predicted octanol–water partition coefficient (Wildman–Crippen LogP) is -1.97. The summed E-state index contributed by atoms with van der Waals surface area (Å²) in [7, 11) is -3.79. The first kappa shape index (κ1) is 16.5. The average Bonchev–Trinajstić information content (AvgIpc) is 2.29. The first-order valence-corrected chi connectivity index (χ1v) is 6.67. The fraction of sp³-hybridized carbons (Fsp3) is 0.875. The Balaban J connectivity index is 2.84. The molecule has 19 heavy (non-hydrogen) atoms. The predicted molar refractivity (Wildman–Crippen MR) is 56.9 cm³/mol. The number of methoxy groups -OCH3 is 1. The lowest BCUT2D eigenvalue weighted by Crippen LogP contribution is -2.60. The van der Waals surface area contributed by atoms with Gasteiger partial charge in [0.2, 0.25) is 0 Å². The maximum absolute atomic E-state index is 11.1. The molecule has 1 rings (SSSR count). The largest absolute Gasteiger partial charge is 0.477 e. The number of aliphatic hydroxyl groups excluding tert-OH is 2. The summed E-state index contributed by atoms with van der Waals surface area (Å²) in [5.74, 6) is -3.75. The number of carboxylic acids is 1. The van der Waals surface area contributed by atoms with Gasteiger partial charge in [-0.1, -0.05) is 0 Å². The van der Waals surface area contributed by atoms with Gasteiger partial charge in [0.1, 0.15) is 12.2 Å². The number of hydrogen-bond donors (Lipinski definition) is 5. The molecule has 1 heterocycles. The van der Waals surface area contributed by atoms with Crippen molar-refractivity contribution in [3.8, 4) is 0 Å². The molecule has 1 aliphatic rings. The quantitative estimate of drug-likeness (QED) is 0.360. The zero-order valence-corrected chi connectivity index (χ0v) is 10.8. The molecule has 1 aliphatic heterocycles. The summed E-state index contributed by atoms with van der Waals surface area (Å²) in [4.78, 5) is 28.1. The number of carboxylic acid groups (broad SMARTS) is 1. The Labute approximate surface area is 107 Å². The average molecular weight is 302 g/mol. The highest BCUT2D eigenvalue weighted by Gasteiger charge is 2.52. The van der Waals surface area contributed by atoms with Crippen molar-refractivity contribution in [2.75, 3.05) is 13.7 Å². The van der Waals surface area contributed by atoms with E-state index in [0.29, 0.717) is 0 Å². The Bertz CT molecular complexity index is 380. The maximum atomic E-state index is 11.1. The van der Waals surface area contributed by atoms with Gasteiger partial charge >= 0.3 is 13.8 Å². The second-order valence-corrected chi connectivity index (χ2v) is 5.21. The highest BCUT2D eigenvalue weighted by molar-refractivity contribution is 7.46. The Morgan fingerprint density at radius 2 is 2.05 bits per heavy atom. The van der Waals surface area contributed by atoms with E-state index in [4.69, 9.17) is 19.6 Å². The van der Waals surface area contributed by atoms with E-state index in [1.165, 1.54) is 0 Å². The molecular formula is C8H15O10P. The van der Waals surface area contributed by atoms with Crippen LogP contribution in [-0.2, 0) is 23.4 Å². The minimum Gasteiger partial charge on any atom is -0.477 e. The summed E-state index contributed by atoms with van der Waals surface area (Å²) in [5.41, 5.74) is 0. The third kappa shape index (κ3) is 3.94. The third-order valence-electron chi connectivity index (χ3n) is 2.66. The number of ether oxygens (including phenoxy) is 2. The summed E-state index contributed by atoms with van der Waals surface area (Å²) in [6.07, 6.45) is -5.07. The van der Waals surface area contributed by atoms with Gasteiger partial charge in [-0.25, -0.2) is 9.36 Å². The van der Waals surface area contributed by atoms with Gasteiger partial charge in [0.15, 0.2) is 0 Å². The van der Waals surface area contributed by atoms with Crippen LogP contribution in [0.4, 0.5) is 0 Å². The molecular weight excluding hydrogens is 287 g/mol. The Morgan fingerprint density at radius 1 is 1.47 bits per heavy atom. The van der Waals surface area contributed by atoms with Gasteiger partial charge in [0, 0.05) is 13.5 Å². The lowest BCUT2D eigenvalue weighted by molar-refractivity contribution is -0.306. The van der Waals surface area contributed by atoms with Crippen LogP contribution in [0, 0.1) is 0 Å². The lowest BCUT2D eigenvalue weighted by Gasteiger charge is -2.41. The van der Waals surface area contributed by atoms with Crippen molar-refractivity contribution in [3.05, 3.63) is 0 Å². The van der Waals surface area contributed by atoms with Gasteiger partial charge in [0.25, 0.3) is 5.79 Å². The van der Waals surface area contributed by atoms with Gasteiger partial charge in [-0.2, -0.15) is 0 Å². The summed E-state index contributed by atoms with van der Waals surface area (Å²) in [6, 6.07) is 0. The lowest BCUT2D eigenvalue weighted by atomic mass is 9.95. The number of hydrogen-bond acceptors (Lipinski definition) is 7. The molecule has 4 unspecified atom stereocenters. The number of phosphoric ester groups is 1. The van der Waals surface area contributed by atoms with Crippen molar-refractivity contribution in [1.29, 1.82) is 0 Å². The fourth-order valence-corrected chi connectivity index (χ4v) is 2.01. The SMILES string of the molecule is COC1(C(=O)O)CC(O)C(O)C(COP(=O)(O)O)O1. The van der Waals surface area contributed by atoms with Crippen LogP contribution >= 0.6 is 7.82 Å². The second-order valence-electron chi connectivity index (χ2n) is 3.97. The van der Waals surface area contributed by atoms with E-state index in [1.54, 1.807) is 0 Å². The molecule has 4 atom stereocenters. The van der Waals surface area contributed by atoms with Gasteiger partial charge in [-0.3, -0.25) is 4.52 Å².